The topological polar surface area (TPSA) is 41.5 Å². The van der Waals surface area contributed by atoms with Crippen molar-refractivity contribution in [3.8, 4) is 5.75 Å². The fraction of sp³-hybridized carbons (Fsp3) is 0.500. The lowest BCUT2D eigenvalue weighted by molar-refractivity contribution is 0.207. The molecule has 0 aliphatic heterocycles. The number of aliphatic hydroxyl groups is 1. The zero-order valence-corrected chi connectivity index (χ0v) is 9.45. The second-order valence-corrected chi connectivity index (χ2v) is 3.50. The summed E-state index contributed by atoms with van der Waals surface area (Å²) in [7, 11) is 0. The van der Waals surface area contributed by atoms with Crippen LogP contribution in [0.2, 0.25) is 0 Å². The van der Waals surface area contributed by atoms with E-state index in [1.165, 1.54) is 6.07 Å². The Morgan fingerprint density at radius 2 is 2.19 bits per heavy atom. The summed E-state index contributed by atoms with van der Waals surface area (Å²) in [5.41, 5.74) is 0. The zero-order valence-electron chi connectivity index (χ0n) is 9.45. The van der Waals surface area contributed by atoms with Crippen LogP contribution in [0.5, 0.6) is 5.75 Å². The van der Waals surface area contributed by atoms with Crippen LogP contribution < -0.4 is 10.1 Å². The molecule has 0 aliphatic carbocycles. The molecule has 1 aromatic carbocycles. The SMILES string of the molecule is CCNC(CO)CCOc1ccccc1F. The molecular weight excluding hydrogens is 209 g/mol. The van der Waals surface area contributed by atoms with Crippen LogP contribution in [0.3, 0.4) is 0 Å². The smallest absolute Gasteiger partial charge is 0.165 e. The summed E-state index contributed by atoms with van der Waals surface area (Å²) in [4.78, 5) is 0. The lowest BCUT2D eigenvalue weighted by Gasteiger charge is -2.15. The first-order chi connectivity index (χ1) is 7.77. The van der Waals surface area contributed by atoms with Crippen molar-refractivity contribution in [1.29, 1.82) is 0 Å². The van der Waals surface area contributed by atoms with Crippen LogP contribution in [0.1, 0.15) is 13.3 Å². The van der Waals surface area contributed by atoms with Gasteiger partial charge in [-0.3, -0.25) is 0 Å². The number of ether oxygens (including phenoxy) is 1. The summed E-state index contributed by atoms with van der Waals surface area (Å²) in [5.74, 6) is -0.0952. The van der Waals surface area contributed by atoms with Crippen molar-refractivity contribution in [1.82, 2.24) is 5.32 Å². The molecular formula is C12H18FNO2. The number of nitrogens with one attached hydrogen (secondary N) is 1. The predicted octanol–water partition coefficient (Wildman–Crippen LogP) is 1.56. The highest BCUT2D eigenvalue weighted by molar-refractivity contribution is 5.23. The average Bonchev–Trinajstić information content (AvgIpc) is 2.30. The van der Waals surface area contributed by atoms with E-state index in [0.717, 1.165) is 6.54 Å². The Morgan fingerprint density at radius 1 is 1.44 bits per heavy atom. The van der Waals surface area contributed by atoms with Crippen molar-refractivity contribution in [3.05, 3.63) is 30.1 Å². The molecule has 1 unspecified atom stereocenters. The molecule has 0 fully saturated rings. The molecule has 0 saturated carbocycles. The summed E-state index contributed by atoms with van der Waals surface area (Å²) in [5, 5.41) is 12.1. The first-order valence-corrected chi connectivity index (χ1v) is 5.49. The van der Waals surface area contributed by atoms with Crippen LogP contribution in [0, 0.1) is 5.82 Å². The van der Waals surface area contributed by atoms with Gasteiger partial charge < -0.3 is 15.2 Å². The van der Waals surface area contributed by atoms with E-state index in [1.54, 1.807) is 18.2 Å². The first kappa shape index (κ1) is 12.9. The van der Waals surface area contributed by atoms with Crippen molar-refractivity contribution < 1.29 is 14.2 Å². The van der Waals surface area contributed by atoms with E-state index in [2.05, 4.69) is 5.32 Å². The molecule has 3 nitrogen and oxygen atoms in total. The molecule has 1 atom stereocenters. The molecule has 0 saturated heterocycles. The molecule has 0 heterocycles. The van der Waals surface area contributed by atoms with Gasteiger partial charge in [-0.1, -0.05) is 19.1 Å². The number of rotatable bonds is 7. The third kappa shape index (κ3) is 4.16. The summed E-state index contributed by atoms with van der Waals surface area (Å²) in [6.07, 6.45) is 0.651. The lowest BCUT2D eigenvalue weighted by atomic mass is 10.2. The summed E-state index contributed by atoms with van der Waals surface area (Å²) < 4.78 is 18.4. The maximum absolute atomic E-state index is 13.2. The Morgan fingerprint density at radius 3 is 2.81 bits per heavy atom. The van der Waals surface area contributed by atoms with Crippen molar-refractivity contribution in [2.45, 2.75) is 19.4 Å². The van der Waals surface area contributed by atoms with Crippen LogP contribution in [-0.4, -0.2) is 30.9 Å². The van der Waals surface area contributed by atoms with Crippen molar-refractivity contribution in [2.24, 2.45) is 0 Å². The molecule has 1 aromatic rings. The number of hydrogen-bond acceptors (Lipinski definition) is 3. The summed E-state index contributed by atoms with van der Waals surface area (Å²) >= 11 is 0. The normalized spacial score (nSPS) is 12.4. The lowest BCUT2D eigenvalue weighted by Crippen LogP contribution is -2.33. The van der Waals surface area contributed by atoms with Crippen LogP contribution in [0.4, 0.5) is 4.39 Å². The maximum Gasteiger partial charge on any atom is 0.165 e. The van der Waals surface area contributed by atoms with Gasteiger partial charge in [0.1, 0.15) is 0 Å². The van der Waals surface area contributed by atoms with Crippen molar-refractivity contribution in [3.63, 3.8) is 0 Å². The Labute approximate surface area is 95.2 Å². The Kier molecular flexibility index (Phi) is 5.82. The van der Waals surface area contributed by atoms with Gasteiger partial charge in [0, 0.05) is 6.04 Å². The molecule has 0 radical (unpaired) electrons. The quantitative estimate of drug-likeness (QED) is 0.743. The van der Waals surface area contributed by atoms with Crippen molar-refractivity contribution >= 4 is 0 Å². The monoisotopic (exact) mass is 227 g/mol. The molecule has 16 heavy (non-hydrogen) atoms. The van der Waals surface area contributed by atoms with E-state index in [1.807, 2.05) is 6.92 Å². The number of halogens is 1. The highest BCUT2D eigenvalue weighted by Crippen LogP contribution is 2.15. The second-order valence-electron chi connectivity index (χ2n) is 3.50. The Hall–Kier alpha value is -1.13. The number of aliphatic hydroxyl groups excluding tert-OH is 1. The molecule has 0 spiro atoms. The van der Waals surface area contributed by atoms with Crippen LogP contribution in [0.15, 0.2) is 24.3 Å². The van der Waals surface area contributed by atoms with Gasteiger partial charge in [-0.25, -0.2) is 4.39 Å². The van der Waals surface area contributed by atoms with Crippen molar-refractivity contribution in [2.75, 3.05) is 19.8 Å². The number of likely N-dealkylation sites (N-methyl/N-ethyl adjacent to an activating group) is 1. The van der Waals surface area contributed by atoms with Gasteiger partial charge in [0.25, 0.3) is 0 Å². The van der Waals surface area contributed by atoms with E-state index >= 15 is 0 Å². The number of benzene rings is 1. The van der Waals surface area contributed by atoms with Gasteiger partial charge in [0.15, 0.2) is 11.6 Å². The third-order valence-electron chi connectivity index (χ3n) is 2.27. The summed E-state index contributed by atoms with van der Waals surface area (Å²) in [6.45, 7) is 3.22. The molecule has 0 aliphatic rings. The molecule has 2 N–H and O–H groups in total. The van der Waals surface area contributed by atoms with E-state index in [-0.39, 0.29) is 24.2 Å². The fourth-order valence-corrected chi connectivity index (χ4v) is 1.42. The maximum atomic E-state index is 13.2. The average molecular weight is 227 g/mol. The standard InChI is InChI=1S/C12H18FNO2/c1-2-14-10(9-15)7-8-16-12-6-4-3-5-11(12)13/h3-6,10,14-15H,2,7-9H2,1H3. The first-order valence-electron chi connectivity index (χ1n) is 5.49. The zero-order chi connectivity index (χ0) is 11.8. The molecule has 90 valence electrons. The van der Waals surface area contributed by atoms with Gasteiger partial charge in [-0.05, 0) is 25.1 Å². The van der Waals surface area contributed by atoms with Gasteiger partial charge >= 0.3 is 0 Å². The molecule has 4 heteroatoms. The minimum Gasteiger partial charge on any atom is -0.490 e. The highest BCUT2D eigenvalue weighted by Gasteiger charge is 2.06. The van der Waals surface area contributed by atoms with Crippen LogP contribution in [-0.2, 0) is 0 Å². The van der Waals surface area contributed by atoms with Gasteiger partial charge in [0.2, 0.25) is 0 Å². The molecule has 0 amide bonds. The predicted molar refractivity (Wildman–Crippen MR) is 61.1 cm³/mol. The molecule has 1 rings (SSSR count). The molecule has 0 bridgehead atoms. The van der Waals surface area contributed by atoms with Gasteiger partial charge in [-0.2, -0.15) is 0 Å². The largest absolute Gasteiger partial charge is 0.490 e. The van der Waals surface area contributed by atoms with E-state index in [9.17, 15) is 4.39 Å². The van der Waals surface area contributed by atoms with Gasteiger partial charge in [0.05, 0.1) is 13.2 Å². The van der Waals surface area contributed by atoms with E-state index in [4.69, 9.17) is 9.84 Å². The second kappa shape index (κ2) is 7.19. The fourth-order valence-electron chi connectivity index (χ4n) is 1.42. The summed E-state index contributed by atoms with van der Waals surface area (Å²) in [6, 6.07) is 6.32. The Balaban J connectivity index is 2.32. The van der Waals surface area contributed by atoms with Crippen LogP contribution in [0.25, 0.3) is 0 Å². The highest BCUT2D eigenvalue weighted by atomic mass is 19.1. The van der Waals surface area contributed by atoms with Crippen LogP contribution >= 0.6 is 0 Å². The number of para-hydroxylation sites is 1. The number of hydrogen-bond donors (Lipinski definition) is 2. The van der Waals surface area contributed by atoms with E-state index in [0.29, 0.717) is 13.0 Å². The van der Waals surface area contributed by atoms with E-state index < -0.39 is 0 Å². The minimum absolute atomic E-state index is 0.0109. The third-order valence-corrected chi connectivity index (χ3v) is 2.27. The minimum atomic E-state index is -0.355. The Bertz CT molecular complexity index is 307. The molecule has 0 aromatic heterocycles. The van der Waals surface area contributed by atoms with Gasteiger partial charge in [-0.15, -0.1) is 0 Å².